The van der Waals surface area contributed by atoms with Crippen LogP contribution in [0.25, 0.3) is 0 Å². The molecule has 0 aromatic heterocycles. The summed E-state index contributed by atoms with van der Waals surface area (Å²) in [4.78, 5) is 36.1. The van der Waals surface area contributed by atoms with Gasteiger partial charge in [-0.2, -0.15) is 0 Å². The number of nitrogens with two attached hydrogens (primary N) is 1. The molecule has 1 heterocycles. The quantitative estimate of drug-likeness (QED) is 0.743. The van der Waals surface area contributed by atoms with Crippen LogP contribution >= 0.6 is 0 Å². The summed E-state index contributed by atoms with van der Waals surface area (Å²) in [5.41, 5.74) is 6.05. The van der Waals surface area contributed by atoms with Gasteiger partial charge in [-0.05, 0) is 24.8 Å². The summed E-state index contributed by atoms with van der Waals surface area (Å²) in [6.07, 6.45) is 1.15. The molecule has 1 atom stereocenters. The van der Waals surface area contributed by atoms with Crippen molar-refractivity contribution < 1.29 is 19.5 Å². The monoisotopic (exact) mass is 318 g/mol. The van der Waals surface area contributed by atoms with Gasteiger partial charge < -0.3 is 25.9 Å². The van der Waals surface area contributed by atoms with Gasteiger partial charge in [-0.3, -0.25) is 4.79 Å². The fourth-order valence-corrected chi connectivity index (χ4v) is 2.65. The lowest BCUT2D eigenvalue weighted by Crippen LogP contribution is -2.54. The standard InChI is InChI=1S/C16H21N3O4/c17-14(20)12-6-8-19(9-7-12)16(23)18-13(15(21)22)10-11-4-2-1-3-5-11/h1-5,12-13H,6-10H2,(H2,17,20)(H,18,23)(H,21,22)/p-1/t13-/m1/s1. The Morgan fingerprint density at radius 1 is 1.22 bits per heavy atom. The molecule has 0 spiro atoms. The highest BCUT2D eigenvalue weighted by molar-refractivity contribution is 5.82. The Bertz CT molecular complexity index is 568. The van der Waals surface area contributed by atoms with E-state index in [1.54, 1.807) is 24.3 Å². The van der Waals surface area contributed by atoms with Crippen LogP contribution in [0.2, 0.25) is 0 Å². The molecule has 1 aliphatic heterocycles. The number of amides is 3. The van der Waals surface area contributed by atoms with Gasteiger partial charge in [0.25, 0.3) is 0 Å². The molecule has 124 valence electrons. The van der Waals surface area contributed by atoms with Crippen LogP contribution in [0.5, 0.6) is 0 Å². The Kier molecular flexibility index (Phi) is 5.56. The van der Waals surface area contributed by atoms with Crippen molar-refractivity contribution in [3.05, 3.63) is 35.9 Å². The highest BCUT2D eigenvalue weighted by Crippen LogP contribution is 2.16. The molecule has 0 radical (unpaired) electrons. The molecule has 7 nitrogen and oxygen atoms in total. The van der Waals surface area contributed by atoms with E-state index < -0.39 is 18.0 Å². The smallest absolute Gasteiger partial charge is 0.317 e. The molecule has 0 aliphatic carbocycles. The van der Waals surface area contributed by atoms with Crippen LogP contribution in [0, 0.1) is 5.92 Å². The number of rotatable bonds is 5. The molecule has 1 aliphatic rings. The predicted molar refractivity (Wildman–Crippen MR) is 81.0 cm³/mol. The van der Waals surface area contributed by atoms with Gasteiger partial charge in [-0.25, -0.2) is 4.79 Å². The van der Waals surface area contributed by atoms with Crippen LogP contribution in [0.4, 0.5) is 4.79 Å². The van der Waals surface area contributed by atoms with Crippen LogP contribution < -0.4 is 16.2 Å². The SMILES string of the molecule is NC(=O)C1CCN(C(=O)N[C@H](Cc2ccccc2)C(=O)[O-])CC1. The molecule has 1 saturated heterocycles. The molecular weight excluding hydrogens is 298 g/mol. The van der Waals surface area contributed by atoms with Crippen molar-refractivity contribution in [3.63, 3.8) is 0 Å². The zero-order valence-corrected chi connectivity index (χ0v) is 12.7. The Morgan fingerprint density at radius 3 is 2.35 bits per heavy atom. The largest absolute Gasteiger partial charge is 0.548 e. The summed E-state index contributed by atoms with van der Waals surface area (Å²) in [7, 11) is 0. The third-order valence-electron chi connectivity index (χ3n) is 4.05. The fourth-order valence-electron chi connectivity index (χ4n) is 2.65. The molecule has 3 N–H and O–H groups in total. The van der Waals surface area contributed by atoms with Gasteiger partial charge in [0.15, 0.2) is 0 Å². The van der Waals surface area contributed by atoms with E-state index in [4.69, 9.17) is 5.73 Å². The first-order valence-electron chi connectivity index (χ1n) is 7.57. The number of urea groups is 1. The molecule has 7 heteroatoms. The number of carbonyl (C=O) groups is 3. The Hall–Kier alpha value is -2.57. The van der Waals surface area contributed by atoms with Crippen LogP contribution in [0.3, 0.4) is 0 Å². The van der Waals surface area contributed by atoms with Crippen LogP contribution in [0.15, 0.2) is 30.3 Å². The molecule has 1 aromatic rings. The molecule has 0 unspecified atom stereocenters. The second-order valence-corrected chi connectivity index (χ2v) is 5.67. The first-order chi connectivity index (χ1) is 11.0. The lowest BCUT2D eigenvalue weighted by Gasteiger charge is -2.32. The number of aliphatic carboxylic acids is 1. The maximum atomic E-state index is 12.2. The number of hydrogen-bond donors (Lipinski definition) is 2. The van der Waals surface area contributed by atoms with Crippen molar-refractivity contribution >= 4 is 17.9 Å². The average molecular weight is 318 g/mol. The van der Waals surface area contributed by atoms with Gasteiger partial charge >= 0.3 is 6.03 Å². The number of carbonyl (C=O) groups excluding carboxylic acids is 3. The number of likely N-dealkylation sites (tertiary alicyclic amines) is 1. The average Bonchev–Trinajstić information content (AvgIpc) is 2.55. The van der Waals surface area contributed by atoms with Gasteiger partial charge in [0.05, 0.1) is 12.0 Å². The number of nitrogens with one attached hydrogen (secondary N) is 1. The zero-order chi connectivity index (χ0) is 16.8. The van der Waals surface area contributed by atoms with Crippen LogP contribution in [-0.2, 0) is 16.0 Å². The third-order valence-corrected chi connectivity index (χ3v) is 4.05. The van der Waals surface area contributed by atoms with E-state index in [9.17, 15) is 19.5 Å². The van der Waals surface area contributed by atoms with Gasteiger partial charge in [0.2, 0.25) is 5.91 Å². The number of nitrogens with zero attached hydrogens (tertiary/aromatic N) is 1. The number of piperidine rings is 1. The number of primary amides is 1. The second-order valence-electron chi connectivity index (χ2n) is 5.67. The van der Waals surface area contributed by atoms with E-state index in [-0.39, 0.29) is 18.2 Å². The van der Waals surface area contributed by atoms with Crippen molar-refractivity contribution in [2.75, 3.05) is 13.1 Å². The molecule has 0 saturated carbocycles. The Balaban J connectivity index is 1.91. The van der Waals surface area contributed by atoms with E-state index in [1.165, 1.54) is 4.90 Å². The van der Waals surface area contributed by atoms with Crippen LogP contribution in [-0.4, -0.2) is 41.9 Å². The summed E-state index contributed by atoms with van der Waals surface area (Å²) < 4.78 is 0. The first-order valence-corrected chi connectivity index (χ1v) is 7.57. The lowest BCUT2D eigenvalue weighted by molar-refractivity contribution is -0.308. The number of carboxylic acid groups (broad SMARTS) is 1. The van der Waals surface area contributed by atoms with E-state index in [2.05, 4.69) is 5.32 Å². The first kappa shape index (κ1) is 16.8. The minimum absolute atomic E-state index is 0.159. The van der Waals surface area contributed by atoms with Crippen molar-refractivity contribution in [2.45, 2.75) is 25.3 Å². The Labute approximate surface area is 134 Å². The van der Waals surface area contributed by atoms with Crippen molar-refractivity contribution in [3.8, 4) is 0 Å². The summed E-state index contributed by atoms with van der Waals surface area (Å²) in [6, 6.07) is 7.47. The highest BCUT2D eigenvalue weighted by atomic mass is 16.4. The van der Waals surface area contributed by atoms with Gasteiger partial charge in [-0.1, -0.05) is 30.3 Å². The summed E-state index contributed by atoms with van der Waals surface area (Å²) >= 11 is 0. The second kappa shape index (κ2) is 7.62. The van der Waals surface area contributed by atoms with Crippen molar-refractivity contribution in [1.82, 2.24) is 10.2 Å². The van der Waals surface area contributed by atoms with Crippen molar-refractivity contribution in [2.24, 2.45) is 11.7 Å². The molecule has 1 aromatic carbocycles. The van der Waals surface area contributed by atoms with E-state index >= 15 is 0 Å². The maximum Gasteiger partial charge on any atom is 0.317 e. The third kappa shape index (κ3) is 4.70. The van der Waals surface area contributed by atoms with Gasteiger partial charge in [0, 0.05) is 19.0 Å². The van der Waals surface area contributed by atoms with Gasteiger partial charge in [-0.15, -0.1) is 0 Å². The number of carboxylic acids is 1. The zero-order valence-electron chi connectivity index (χ0n) is 12.7. The topological polar surface area (TPSA) is 116 Å². The maximum absolute atomic E-state index is 12.2. The highest BCUT2D eigenvalue weighted by Gasteiger charge is 2.27. The van der Waals surface area contributed by atoms with E-state index in [0.717, 1.165) is 5.56 Å². The molecule has 3 amide bonds. The summed E-state index contributed by atoms with van der Waals surface area (Å²) in [5.74, 6) is -1.91. The predicted octanol–water partition coefficient (Wildman–Crippen LogP) is -0.745. The van der Waals surface area contributed by atoms with E-state index in [1.807, 2.05) is 6.07 Å². The molecule has 0 bridgehead atoms. The molecule has 2 rings (SSSR count). The minimum Gasteiger partial charge on any atom is -0.548 e. The van der Waals surface area contributed by atoms with Crippen molar-refractivity contribution in [1.29, 1.82) is 0 Å². The van der Waals surface area contributed by atoms with Gasteiger partial charge in [0.1, 0.15) is 0 Å². The van der Waals surface area contributed by atoms with Crippen LogP contribution in [0.1, 0.15) is 18.4 Å². The van der Waals surface area contributed by atoms with E-state index in [0.29, 0.717) is 25.9 Å². The molecule has 23 heavy (non-hydrogen) atoms. The lowest BCUT2D eigenvalue weighted by atomic mass is 9.96. The fraction of sp³-hybridized carbons (Fsp3) is 0.438. The molecule has 1 fully saturated rings. The minimum atomic E-state index is -1.32. The summed E-state index contributed by atoms with van der Waals surface area (Å²) in [5, 5.41) is 13.7. The number of benzene rings is 1. The Morgan fingerprint density at radius 2 is 1.83 bits per heavy atom. The molecular formula is C16H20N3O4-. The normalized spacial score (nSPS) is 16.6. The summed E-state index contributed by atoms with van der Waals surface area (Å²) in [6.45, 7) is 0.759. The number of hydrogen-bond acceptors (Lipinski definition) is 4.